The molecule has 4 nitrogen and oxygen atoms in total. The Balaban J connectivity index is 2.55. The van der Waals surface area contributed by atoms with Gasteiger partial charge < -0.3 is 19.5 Å². The van der Waals surface area contributed by atoms with Gasteiger partial charge in [0.05, 0.1) is 26.4 Å². The van der Waals surface area contributed by atoms with Crippen molar-refractivity contribution in [2.45, 2.75) is 0 Å². The topological polar surface area (TPSA) is 58.9 Å². The second-order valence-corrected chi connectivity index (χ2v) is 2.93. The Kier molecular flexibility index (Phi) is 6.03. The molecule has 0 heterocycles. The molecule has 0 aliphatic carbocycles. The van der Waals surface area contributed by atoms with Crippen molar-refractivity contribution in [3.8, 4) is 0 Å². The smallest absolute Gasteiger partial charge is 0.405 e. The molecular formula is C10H15BO4. The van der Waals surface area contributed by atoms with Crippen LogP contribution >= 0.6 is 0 Å². The summed E-state index contributed by atoms with van der Waals surface area (Å²) in [6, 6.07) is 9.41. The van der Waals surface area contributed by atoms with E-state index in [0.29, 0.717) is 0 Å². The fourth-order valence-corrected chi connectivity index (χ4v) is 1.17. The van der Waals surface area contributed by atoms with Crippen LogP contribution in [0.1, 0.15) is 0 Å². The molecule has 0 unspecified atom stereocenters. The Morgan fingerprint density at radius 3 is 1.93 bits per heavy atom. The van der Waals surface area contributed by atoms with E-state index in [0.717, 1.165) is 5.46 Å². The van der Waals surface area contributed by atoms with Gasteiger partial charge in [0.15, 0.2) is 0 Å². The van der Waals surface area contributed by atoms with E-state index in [4.69, 9.17) is 19.5 Å². The average Bonchev–Trinajstić information content (AvgIpc) is 2.30. The van der Waals surface area contributed by atoms with Crippen LogP contribution < -0.4 is 5.46 Å². The number of benzene rings is 1. The van der Waals surface area contributed by atoms with Crippen LogP contribution in [0.5, 0.6) is 0 Å². The predicted octanol–water partition coefficient (Wildman–Crippen LogP) is -0.600. The molecular weight excluding hydrogens is 195 g/mol. The molecule has 0 aliphatic heterocycles. The van der Waals surface area contributed by atoms with Gasteiger partial charge >= 0.3 is 7.12 Å². The van der Waals surface area contributed by atoms with Crippen molar-refractivity contribution >= 4 is 12.6 Å². The normalized spacial score (nSPS) is 10.3. The van der Waals surface area contributed by atoms with Gasteiger partial charge in [-0.25, -0.2) is 0 Å². The van der Waals surface area contributed by atoms with Crippen LogP contribution in [0.15, 0.2) is 30.3 Å². The molecule has 2 N–H and O–H groups in total. The predicted molar refractivity (Wildman–Crippen MR) is 57.9 cm³/mol. The maximum Gasteiger partial charge on any atom is 0.494 e. The molecule has 1 aromatic rings. The van der Waals surface area contributed by atoms with Crippen LogP contribution in [-0.2, 0) is 9.31 Å². The molecule has 0 amide bonds. The van der Waals surface area contributed by atoms with E-state index >= 15 is 0 Å². The maximum absolute atomic E-state index is 8.66. The molecule has 0 radical (unpaired) electrons. The van der Waals surface area contributed by atoms with E-state index in [1.54, 1.807) is 0 Å². The molecule has 0 spiro atoms. The third kappa shape index (κ3) is 4.44. The number of rotatable bonds is 7. The van der Waals surface area contributed by atoms with Crippen molar-refractivity contribution in [1.82, 2.24) is 0 Å². The lowest BCUT2D eigenvalue weighted by atomic mass is 9.79. The van der Waals surface area contributed by atoms with Gasteiger partial charge in [-0.2, -0.15) is 0 Å². The first-order valence-corrected chi connectivity index (χ1v) is 4.88. The fourth-order valence-electron chi connectivity index (χ4n) is 1.17. The van der Waals surface area contributed by atoms with E-state index in [9.17, 15) is 0 Å². The van der Waals surface area contributed by atoms with E-state index < -0.39 is 7.12 Å². The number of hydrogen-bond donors (Lipinski definition) is 2. The van der Waals surface area contributed by atoms with Gasteiger partial charge in [-0.05, 0) is 5.46 Å². The van der Waals surface area contributed by atoms with Crippen molar-refractivity contribution in [2.24, 2.45) is 0 Å². The van der Waals surface area contributed by atoms with Gasteiger partial charge in [0.25, 0.3) is 0 Å². The lowest BCUT2D eigenvalue weighted by Gasteiger charge is -2.13. The summed E-state index contributed by atoms with van der Waals surface area (Å²) >= 11 is 0. The zero-order chi connectivity index (χ0) is 10.9. The summed E-state index contributed by atoms with van der Waals surface area (Å²) in [6.07, 6.45) is 0. The van der Waals surface area contributed by atoms with Gasteiger partial charge in [-0.15, -0.1) is 0 Å². The lowest BCUT2D eigenvalue weighted by Crippen LogP contribution is -2.38. The van der Waals surface area contributed by atoms with Crippen LogP contribution in [0.3, 0.4) is 0 Å². The highest BCUT2D eigenvalue weighted by atomic mass is 16.6. The molecule has 0 bridgehead atoms. The molecule has 0 saturated heterocycles. The van der Waals surface area contributed by atoms with Gasteiger partial charge in [-0.1, -0.05) is 30.3 Å². The third-order valence-electron chi connectivity index (χ3n) is 1.79. The molecule has 0 atom stereocenters. The standard InChI is InChI=1S/C10H15BO4/c12-6-8-14-11(15-9-7-13)10-4-2-1-3-5-10/h1-5,12-13H,6-9H2. The first kappa shape index (κ1) is 12.2. The Morgan fingerprint density at radius 1 is 0.933 bits per heavy atom. The highest BCUT2D eigenvalue weighted by Crippen LogP contribution is 1.93. The molecule has 15 heavy (non-hydrogen) atoms. The number of hydrogen-bond acceptors (Lipinski definition) is 4. The van der Waals surface area contributed by atoms with E-state index in [1.165, 1.54) is 0 Å². The minimum absolute atomic E-state index is 0.0498. The quantitative estimate of drug-likeness (QED) is 0.590. The van der Waals surface area contributed by atoms with Crippen molar-refractivity contribution in [1.29, 1.82) is 0 Å². The summed E-state index contributed by atoms with van der Waals surface area (Å²) in [5.74, 6) is 0. The zero-order valence-electron chi connectivity index (χ0n) is 8.50. The molecule has 0 aliphatic rings. The highest BCUT2D eigenvalue weighted by molar-refractivity contribution is 6.61. The summed E-state index contributed by atoms with van der Waals surface area (Å²) in [5, 5.41) is 17.3. The summed E-state index contributed by atoms with van der Waals surface area (Å²) in [7, 11) is -0.523. The minimum Gasteiger partial charge on any atom is -0.405 e. The summed E-state index contributed by atoms with van der Waals surface area (Å²) in [5.41, 5.74) is 0.874. The Morgan fingerprint density at radius 2 is 1.47 bits per heavy atom. The highest BCUT2D eigenvalue weighted by Gasteiger charge is 2.20. The monoisotopic (exact) mass is 210 g/mol. The van der Waals surface area contributed by atoms with E-state index in [2.05, 4.69) is 0 Å². The van der Waals surface area contributed by atoms with Gasteiger partial charge in [0.1, 0.15) is 0 Å². The summed E-state index contributed by atoms with van der Waals surface area (Å²) < 4.78 is 10.6. The van der Waals surface area contributed by atoms with Crippen LogP contribution in [0.4, 0.5) is 0 Å². The van der Waals surface area contributed by atoms with Crippen LogP contribution in [-0.4, -0.2) is 43.8 Å². The molecule has 0 aromatic heterocycles. The van der Waals surface area contributed by atoms with Crippen molar-refractivity contribution in [3.05, 3.63) is 30.3 Å². The van der Waals surface area contributed by atoms with Crippen molar-refractivity contribution in [3.63, 3.8) is 0 Å². The molecule has 0 fully saturated rings. The lowest BCUT2D eigenvalue weighted by molar-refractivity contribution is 0.139. The summed E-state index contributed by atoms with van der Waals surface area (Å²) in [6.45, 7) is 0.327. The van der Waals surface area contributed by atoms with Gasteiger partial charge in [0.2, 0.25) is 0 Å². The number of aliphatic hydroxyl groups excluding tert-OH is 2. The Hall–Kier alpha value is -0.875. The van der Waals surface area contributed by atoms with Crippen LogP contribution in [0, 0.1) is 0 Å². The van der Waals surface area contributed by atoms with E-state index in [-0.39, 0.29) is 26.4 Å². The van der Waals surface area contributed by atoms with Crippen LogP contribution in [0.2, 0.25) is 0 Å². The minimum atomic E-state index is -0.523. The first-order chi connectivity index (χ1) is 7.38. The fraction of sp³-hybridized carbons (Fsp3) is 0.400. The molecule has 5 heteroatoms. The maximum atomic E-state index is 8.66. The van der Waals surface area contributed by atoms with Crippen LogP contribution in [0.25, 0.3) is 0 Å². The molecule has 0 saturated carbocycles. The average molecular weight is 210 g/mol. The van der Waals surface area contributed by atoms with Crippen molar-refractivity contribution < 1.29 is 19.5 Å². The molecule has 1 aromatic carbocycles. The second-order valence-electron chi connectivity index (χ2n) is 2.93. The zero-order valence-corrected chi connectivity index (χ0v) is 8.50. The first-order valence-electron chi connectivity index (χ1n) is 4.88. The summed E-state index contributed by atoms with van der Waals surface area (Å²) in [4.78, 5) is 0. The largest absolute Gasteiger partial charge is 0.494 e. The molecule has 82 valence electrons. The number of aliphatic hydroxyl groups is 2. The second kappa shape index (κ2) is 7.42. The third-order valence-corrected chi connectivity index (χ3v) is 1.79. The van der Waals surface area contributed by atoms with Gasteiger partial charge in [0, 0.05) is 0 Å². The molecule has 1 rings (SSSR count). The SMILES string of the molecule is OCCOB(OCCO)c1ccccc1. The van der Waals surface area contributed by atoms with Gasteiger partial charge in [-0.3, -0.25) is 0 Å². The Bertz CT molecular complexity index is 247. The van der Waals surface area contributed by atoms with Crippen molar-refractivity contribution in [2.75, 3.05) is 26.4 Å². The Labute approximate surface area is 89.6 Å². The van der Waals surface area contributed by atoms with E-state index in [1.807, 2.05) is 30.3 Å².